The van der Waals surface area contributed by atoms with Crippen LogP contribution in [-0.2, 0) is 26.0 Å². The fourth-order valence-electron chi connectivity index (χ4n) is 3.59. The second kappa shape index (κ2) is 11.6. The van der Waals surface area contributed by atoms with E-state index in [1.165, 1.54) is 30.1 Å². The zero-order valence-corrected chi connectivity index (χ0v) is 20.9. The number of sulfonamides is 1. The van der Waals surface area contributed by atoms with Crippen LogP contribution in [0.5, 0.6) is 5.75 Å². The number of aliphatic hydroxyl groups is 1. The summed E-state index contributed by atoms with van der Waals surface area (Å²) in [6, 6.07) is 3.88. The van der Waals surface area contributed by atoms with Crippen LogP contribution in [-0.4, -0.2) is 85.9 Å². The summed E-state index contributed by atoms with van der Waals surface area (Å²) in [7, 11) is -2.09. The van der Waals surface area contributed by atoms with Gasteiger partial charge in [0.1, 0.15) is 11.9 Å². The molecule has 0 aromatic heterocycles. The number of aliphatic hydroxyl groups excluding tert-OH is 1. The van der Waals surface area contributed by atoms with Crippen LogP contribution in [0.4, 0.5) is 18.9 Å². The van der Waals surface area contributed by atoms with Gasteiger partial charge in [-0.3, -0.25) is 9.59 Å². The van der Waals surface area contributed by atoms with Gasteiger partial charge in [-0.05, 0) is 25.1 Å². The number of benzene rings is 1. The number of nitrogens with zero attached hydrogens (tertiary/aromatic N) is 2. The molecule has 2 rings (SSSR count). The largest absolute Gasteiger partial charge is 0.488 e. The van der Waals surface area contributed by atoms with Gasteiger partial charge in [-0.25, -0.2) is 12.7 Å². The summed E-state index contributed by atoms with van der Waals surface area (Å²) in [5.74, 6) is -1.16. The Balaban J connectivity index is 2.38. The lowest BCUT2D eigenvalue weighted by atomic mass is 10.0. The van der Waals surface area contributed by atoms with E-state index in [1.54, 1.807) is 6.92 Å². The Kier molecular flexibility index (Phi) is 9.54. The Labute approximate surface area is 203 Å². The second-order valence-electron chi connectivity index (χ2n) is 8.92. The molecular weight excluding hydrogens is 491 g/mol. The van der Waals surface area contributed by atoms with Crippen LogP contribution in [0.1, 0.15) is 32.3 Å². The van der Waals surface area contributed by atoms with E-state index in [-0.39, 0.29) is 43.6 Å². The van der Waals surface area contributed by atoms with E-state index in [1.807, 2.05) is 6.92 Å². The summed E-state index contributed by atoms with van der Waals surface area (Å²) in [6.07, 6.45) is -6.19. The number of likely N-dealkylation sites (N-methyl/N-ethyl adjacent to an activating group) is 1. The lowest BCUT2D eigenvalue weighted by Gasteiger charge is -2.33. The number of hydrogen-bond acceptors (Lipinski definition) is 6. The lowest BCUT2D eigenvalue weighted by Crippen LogP contribution is -2.48. The molecule has 198 valence electrons. The van der Waals surface area contributed by atoms with E-state index >= 15 is 0 Å². The molecule has 3 atom stereocenters. The molecule has 1 aromatic carbocycles. The molecule has 0 saturated carbocycles. The Bertz CT molecular complexity index is 1020. The van der Waals surface area contributed by atoms with Crippen molar-refractivity contribution >= 4 is 27.5 Å². The monoisotopic (exact) mass is 523 g/mol. The highest BCUT2D eigenvalue weighted by Gasteiger charge is 2.32. The van der Waals surface area contributed by atoms with Crippen molar-refractivity contribution in [2.24, 2.45) is 5.92 Å². The van der Waals surface area contributed by atoms with Gasteiger partial charge < -0.3 is 20.1 Å². The van der Waals surface area contributed by atoms with Crippen molar-refractivity contribution in [3.8, 4) is 5.75 Å². The number of carbonyl (C=O) groups is 2. The molecule has 13 heteroatoms. The Hall–Kier alpha value is -2.38. The fraction of sp³-hybridized carbons (Fsp3) is 0.636. The third-order valence-corrected chi connectivity index (χ3v) is 7.12. The normalized spacial score (nSPS) is 20.4. The molecule has 0 spiro atoms. The number of anilines is 1. The molecule has 35 heavy (non-hydrogen) atoms. The second-order valence-corrected chi connectivity index (χ2v) is 11.0. The predicted octanol–water partition coefficient (Wildman–Crippen LogP) is 2.01. The molecule has 2 amide bonds. The van der Waals surface area contributed by atoms with Gasteiger partial charge >= 0.3 is 6.18 Å². The van der Waals surface area contributed by atoms with Crippen LogP contribution in [0.2, 0.25) is 0 Å². The minimum Gasteiger partial charge on any atom is -0.488 e. The van der Waals surface area contributed by atoms with Crippen molar-refractivity contribution in [2.45, 2.75) is 51.4 Å². The maximum absolute atomic E-state index is 13.1. The fourth-order valence-corrected chi connectivity index (χ4v) is 4.01. The first-order valence-electron chi connectivity index (χ1n) is 11.1. The van der Waals surface area contributed by atoms with Gasteiger partial charge in [-0.1, -0.05) is 6.92 Å². The van der Waals surface area contributed by atoms with Crippen LogP contribution in [0.25, 0.3) is 0 Å². The number of carbonyl (C=O) groups excluding carboxylic acids is 2. The molecule has 1 aliphatic heterocycles. The summed E-state index contributed by atoms with van der Waals surface area (Å²) in [6.45, 7) is 3.42. The summed E-state index contributed by atoms with van der Waals surface area (Å²) in [4.78, 5) is 26.5. The molecule has 0 radical (unpaired) electrons. The average Bonchev–Trinajstić information content (AvgIpc) is 2.79. The third kappa shape index (κ3) is 8.65. The zero-order valence-electron chi connectivity index (χ0n) is 20.1. The molecule has 0 aliphatic carbocycles. The third-order valence-electron chi connectivity index (χ3n) is 5.84. The number of nitrogens with one attached hydrogen (secondary N) is 1. The van der Waals surface area contributed by atoms with Crippen molar-refractivity contribution < 1.29 is 41.0 Å². The maximum Gasteiger partial charge on any atom is 0.389 e. The van der Waals surface area contributed by atoms with Crippen LogP contribution in [0.3, 0.4) is 0 Å². The first-order valence-corrected chi connectivity index (χ1v) is 12.9. The van der Waals surface area contributed by atoms with E-state index in [0.29, 0.717) is 11.3 Å². The minimum absolute atomic E-state index is 0.00487. The number of fused-ring (bicyclic) bond motifs is 1. The predicted molar refractivity (Wildman–Crippen MR) is 123 cm³/mol. The highest BCUT2D eigenvalue weighted by atomic mass is 32.2. The molecule has 9 nitrogen and oxygen atoms in total. The average molecular weight is 524 g/mol. The van der Waals surface area contributed by atoms with E-state index in [4.69, 9.17) is 4.74 Å². The van der Waals surface area contributed by atoms with Crippen LogP contribution < -0.4 is 10.1 Å². The van der Waals surface area contributed by atoms with Gasteiger partial charge in [-0.15, -0.1) is 0 Å². The van der Waals surface area contributed by atoms with Gasteiger partial charge in [-0.2, -0.15) is 13.2 Å². The van der Waals surface area contributed by atoms with Crippen molar-refractivity contribution in [1.29, 1.82) is 0 Å². The Morgan fingerprint density at radius 2 is 2.03 bits per heavy atom. The Morgan fingerprint density at radius 1 is 1.37 bits per heavy atom. The molecule has 2 N–H and O–H groups in total. The first-order chi connectivity index (χ1) is 16.1. The number of alkyl halides is 3. The Morgan fingerprint density at radius 3 is 2.60 bits per heavy atom. The van der Waals surface area contributed by atoms with Gasteiger partial charge in [0.25, 0.3) is 0 Å². The smallest absolute Gasteiger partial charge is 0.389 e. The van der Waals surface area contributed by atoms with Crippen LogP contribution in [0.15, 0.2) is 18.2 Å². The quantitative estimate of drug-likeness (QED) is 0.539. The molecular formula is C22H32F3N3O6S. The van der Waals surface area contributed by atoms with E-state index in [2.05, 4.69) is 5.32 Å². The highest BCUT2D eigenvalue weighted by Crippen LogP contribution is 2.30. The van der Waals surface area contributed by atoms with Gasteiger partial charge in [0, 0.05) is 37.2 Å². The van der Waals surface area contributed by atoms with E-state index < -0.39 is 47.1 Å². The van der Waals surface area contributed by atoms with Crippen molar-refractivity contribution in [2.75, 3.05) is 38.3 Å². The summed E-state index contributed by atoms with van der Waals surface area (Å²) in [5, 5.41) is 12.0. The number of amides is 2. The number of hydrogen-bond donors (Lipinski definition) is 2. The summed E-state index contributed by atoms with van der Waals surface area (Å²) in [5.41, 5.74) is 0.575. The molecule has 1 aliphatic rings. The molecule has 0 saturated heterocycles. The van der Waals surface area contributed by atoms with E-state index in [0.717, 1.165) is 10.6 Å². The van der Waals surface area contributed by atoms with Crippen molar-refractivity contribution in [3.63, 3.8) is 0 Å². The first kappa shape index (κ1) is 28.9. The van der Waals surface area contributed by atoms with Crippen LogP contribution in [0, 0.1) is 5.92 Å². The molecule has 0 fully saturated rings. The zero-order chi connectivity index (χ0) is 26.6. The van der Waals surface area contributed by atoms with E-state index in [9.17, 15) is 36.3 Å². The van der Waals surface area contributed by atoms with Gasteiger partial charge in [0.15, 0.2) is 0 Å². The minimum atomic E-state index is -4.46. The standard InChI is InChI=1S/C22H32F3N3O6S/c1-14-11-28(15(2)13-29)21(31)10-16-9-17(26-20(30)7-8-22(23,24)25)5-6-18(16)34-19(14)12-27(3)35(4,32)33/h5-6,9,14-15,19,29H,7-8,10-13H2,1-4H3,(H,26,30)/t14-,15-,19+/m1/s1. The topological polar surface area (TPSA) is 116 Å². The molecule has 0 bridgehead atoms. The number of rotatable bonds is 8. The van der Waals surface area contributed by atoms with Gasteiger partial charge in [0.05, 0.1) is 38.3 Å². The van der Waals surface area contributed by atoms with Crippen molar-refractivity contribution in [3.05, 3.63) is 23.8 Å². The number of halogens is 3. The van der Waals surface area contributed by atoms with Crippen LogP contribution >= 0.6 is 0 Å². The van der Waals surface area contributed by atoms with Crippen molar-refractivity contribution in [1.82, 2.24) is 9.21 Å². The molecule has 1 heterocycles. The summed E-state index contributed by atoms with van der Waals surface area (Å²) >= 11 is 0. The molecule has 0 unspecified atom stereocenters. The lowest BCUT2D eigenvalue weighted by molar-refractivity contribution is -0.142. The summed E-state index contributed by atoms with van der Waals surface area (Å²) < 4.78 is 68.5. The molecule has 1 aromatic rings. The number of ether oxygens (including phenoxy) is 1. The highest BCUT2D eigenvalue weighted by molar-refractivity contribution is 7.88. The SMILES string of the molecule is C[C@@H]1CN([C@H](C)CO)C(=O)Cc2cc(NC(=O)CCC(F)(F)F)ccc2O[C@H]1CN(C)S(C)(=O)=O. The van der Waals surface area contributed by atoms with Gasteiger partial charge in [0.2, 0.25) is 21.8 Å². The maximum atomic E-state index is 13.1.